The summed E-state index contributed by atoms with van der Waals surface area (Å²) in [6.45, 7) is 2.06. The van der Waals surface area contributed by atoms with Crippen molar-refractivity contribution in [3.05, 3.63) is 41.3 Å². The predicted octanol–water partition coefficient (Wildman–Crippen LogP) is 0.316. The minimum absolute atomic E-state index is 0.285. The lowest BCUT2D eigenvalue weighted by molar-refractivity contribution is 0.0947. The van der Waals surface area contributed by atoms with Crippen LogP contribution in [0.15, 0.2) is 24.4 Å². The van der Waals surface area contributed by atoms with Crippen molar-refractivity contribution in [1.29, 1.82) is 0 Å². The van der Waals surface area contributed by atoms with E-state index >= 15 is 0 Å². The van der Waals surface area contributed by atoms with E-state index in [0.29, 0.717) is 22.8 Å². The highest BCUT2D eigenvalue weighted by atomic mass is 16.2. The molecule has 0 amide bonds. The molecule has 0 saturated heterocycles. The molecule has 0 bridgehead atoms. The molecule has 0 saturated carbocycles. The van der Waals surface area contributed by atoms with Gasteiger partial charge in [-0.3, -0.25) is 9.78 Å². The summed E-state index contributed by atoms with van der Waals surface area (Å²) in [7, 11) is 0. The molecule has 2 rings (SSSR count). The van der Waals surface area contributed by atoms with Crippen LogP contribution in [0, 0.1) is 6.92 Å². The average Bonchev–Trinajstić information content (AvgIpc) is 2.67. The van der Waals surface area contributed by atoms with Crippen molar-refractivity contribution in [2.75, 3.05) is 5.73 Å². The van der Waals surface area contributed by atoms with Crippen molar-refractivity contribution in [1.82, 2.24) is 14.8 Å². The number of carbonyl (C=O) groups is 1. The average molecular weight is 231 g/mol. The molecule has 2 heterocycles. The quantitative estimate of drug-likeness (QED) is 0.775. The fourth-order valence-corrected chi connectivity index (χ4v) is 1.53. The number of nitrogen functional groups attached to an aromatic ring is 1. The highest BCUT2D eigenvalue weighted by Gasteiger charge is 2.13. The Morgan fingerprint density at radius 3 is 2.82 bits per heavy atom. The lowest BCUT2D eigenvalue weighted by Gasteiger charge is -2.03. The third kappa shape index (κ3) is 2.16. The largest absolute Gasteiger partial charge is 0.383 e. The molecule has 0 aliphatic heterocycles. The van der Waals surface area contributed by atoms with Crippen LogP contribution in [0.5, 0.6) is 0 Å². The Hall–Kier alpha value is -2.21. The highest BCUT2D eigenvalue weighted by Crippen LogP contribution is 2.10. The van der Waals surface area contributed by atoms with Crippen molar-refractivity contribution < 1.29 is 4.79 Å². The van der Waals surface area contributed by atoms with Gasteiger partial charge in [0.2, 0.25) is 0 Å². The van der Waals surface area contributed by atoms with E-state index in [1.54, 1.807) is 31.3 Å². The van der Waals surface area contributed by atoms with E-state index in [1.165, 1.54) is 4.68 Å². The van der Waals surface area contributed by atoms with Gasteiger partial charge in [0.05, 0.1) is 11.4 Å². The predicted molar refractivity (Wildman–Crippen MR) is 63.2 cm³/mol. The lowest BCUT2D eigenvalue weighted by Crippen LogP contribution is -2.16. The van der Waals surface area contributed by atoms with Gasteiger partial charge in [-0.15, -0.1) is 0 Å². The van der Waals surface area contributed by atoms with E-state index in [4.69, 9.17) is 11.5 Å². The van der Waals surface area contributed by atoms with Crippen molar-refractivity contribution in [3.63, 3.8) is 0 Å². The fourth-order valence-electron chi connectivity index (χ4n) is 1.53. The van der Waals surface area contributed by atoms with Crippen LogP contribution in [-0.2, 0) is 6.54 Å². The Labute approximate surface area is 98.3 Å². The van der Waals surface area contributed by atoms with Crippen molar-refractivity contribution >= 4 is 11.7 Å². The minimum atomic E-state index is -0.285. The number of pyridine rings is 1. The summed E-state index contributed by atoms with van der Waals surface area (Å²) in [5.74, 6) is 0.0336. The van der Waals surface area contributed by atoms with Gasteiger partial charge in [-0.2, -0.15) is 9.78 Å². The van der Waals surface area contributed by atoms with Gasteiger partial charge >= 0.3 is 0 Å². The third-order valence-electron chi connectivity index (χ3n) is 2.32. The van der Waals surface area contributed by atoms with Gasteiger partial charge in [-0.1, -0.05) is 0 Å². The summed E-state index contributed by atoms with van der Waals surface area (Å²) in [6, 6.07) is 4.89. The van der Waals surface area contributed by atoms with E-state index in [0.717, 1.165) is 0 Å². The first-order valence-electron chi connectivity index (χ1n) is 5.13. The number of rotatable bonds is 2. The van der Waals surface area contributed by atoms with Crippen LogP contribution in [0.25, 0.3) is 0 Å². The number of aryl methyl sites for hydroxylation is 1. The van der Waals surface area contributed by atoms with Crippen LogP contribution in [0.4, 0.5) is 5.82 Å². The zero-order valence-corrected chi connectivity index (χ0v) is 9.42. The first kappa shape index (κ1) is 11.3. The Bertz CT molecular complexity index is 561. The monoisotopic (exact) mass is 231 g/mol. The standard InChI is InChI=1S/C11H13N5O/c1-7-4-10(13)16(15-7)11(17)8-2-3-14-9(5-8)6-12/h2-5H,6,12-13H2,1H3. The molecule has 0 aromatic carbocycles. The van der Waals surface area contributed by atoms with Gasteiger partial charge < -0.3 is 11.5 Å². The summed E-state index contributed by atoms with van der Waals surface area (Å²) < 4.78 is 1.17. The number of hydrogen-bond donors (Lipinski definition) is 2. The van der Waals surface area contributed by atoms with E-state index in [9.17, 15) is 4.79 Å². The maximum absolute atomic E-state index is 12.1. The maximum Gasteiger partial charge on any atom is 0.280 e. The molecule has 17 heavy (non-hydrogen) atoms. The van der Waals surface area contributed by atoms with E-state index in [2.05, 4.69) is 10.1 Å². The second kappa shape index (κ2) is 4.34. The van der Waals surface area contributed by atoms with Crippen LogP contribution in [0.2, 0.25) is 0 Å². The topological polar surface area (TPSA) is 99.8 Å². The molecule has 0 spiro atoms. The van der Waals surface area contributed by atoms with Gasteiger partial charge in [0.25, 0.3) is 5.91 Å². The number of hydrogen-bond acceptors (Lipinski definition) is 5. The summed E-state index contributed by atoms with van der Waals surface area (Å²) in [5, 5.41) is 4.03. The number of nitrogens with zero attached hydrogens (tertiary/aromatic N) is 3. The van der Waals surface area contributed by atoms with Gasteiger partial charge in [0, 0.05) is 24.4 Å². The molecule has 2 aromatic rings. The second-order valence-corrected chi connectivity index (χ2v) is 3.67. The lowest BCUT2D eigenvalue weighted by atomic mass is 10.2. The van der Waals surface area contributed by atoms with Gasteiger partial charge in [0.15, 0.2) is 0 Å². The van der Waals surface area contributed by atoms with Crippen molar-refractivity contribution in [2.45, 2.75) is 13.5 Å². The molecule has 0 fully saturated rings. The first-order chi connectivity index (χ1) is 8.11. The number of aromatic nitrogens is 3. The van der Waals surface area contributed by atoms with Crippen LogP contribution < -0.4 is 11.5 Å². The molecule has 0 atom stereocenters. The Morgan fingerprint density at radius 1 is 1.47 bits per heavy atom. The molecular formula is C11H13N5O. The summed E-state index contributed by atoms with van der Waals surface area (Å²) >= 11 is 0. The Balaban J connectivity index is 2.40. The molecule has 88 valence electrons. The molecular weight excluding hydrogens is 218 g/mol. The van der Waals surface area contributed by atoms with Gasteiger partial charge in [-0.25, -0.2) is 0 Å². The molecule has 0 unspecified atom stereocenters. The molecule has 4 N–H and O–H groups in total. The molecule has 2 aromatic heterocycles. The normalized spacial score (nSPS) is 10.5. The van der Waals surface area contributed by atoms with Gasteiger partial charge in [-0.05, 0) is 19.1 Å². The summed E-state index contributed by atoms with van der Waals surface area (Å²) in [6.07, 6.45) is 1.54. The zero-order valence-electron chi connectivity index (χ0n) is 9.42. The minimum Gasteiger partial charge on any atom is -0.383 e. The number of anilines is 1. The Kier molecular flexibility index (Phi) is 2.88. The van der Waals surface area contributed by atoms with Gasteiger partial charge in [0.1, 0.15) is 5.82 Å². The van der Waals surface area contributed by atoms with Crippen LogP contribution >= 0.6 is 0 Å². The highest BCUT2D eigenvalue weighted by molar-refractivity contribution is 5.97. The van der Waals surface area contributed by atoms with Crippen LogP contribution in [-0.4, -0.2) is 20.7 Å². The van der Waals surface area contributed by atoms with E-state index < -0.39 is 0 Å². The molecule has 0 radical (unpaired) electrons. The zero-order chi connectivity index (χ0) is 12.4. The van der Waals surface area contributed by atoms with Crippen molar-refractivity contribution in [2.24, 2.45) is 5.73 Å². The molecule has 6 heteroatoms. The summed E-state index contributed by atoms with van der Waals surface area (Å²) in [5.41, 5.74) is 13.0. The molecule has 0 aliphatic carbocycles. The molecule has 6 nitrogen and oxygen atoms in total. The SMILES string of the molecule is Cc1cc(N)n(C(=O)c2ccnc(CN)c2)n1. The van der Waals surface area contributed by atoms with Crippen LogP contribution in [0.1, 0.15) is 21.7 Å². The fraction of sp³-hybridized carbons (Fsp3) is 0.182. The number of nitrogens with two attached hydrogens (primary N) is 2. The van der Waals surface area contributed by atoms with Crippen LogP contribution in [0.3, 0.4) is 0 Å². The van der Waals surface area contributed by atoms with E-state index in [1.807, 2.05) is 0 Å². The first-order valence-corrected chi connectivity index (χ1v) is 5.13. The maximum atomic E-state index is 12.1. The van der Waals surface area contributed by atoms with Crippen molar-refractivity contribution in [3.8, 4) is 0 Å². The molecule has 0 aliphatic rings. The Morgan fingerprint density at radius 2 is 2.24 bits per heavy atom. The van der Waals surface area contributed by atoms with E-state index in [-0.39, 0.29) is 12.5 Å². The third-order valence-corrected chi connectivity index (χ3v) is 2.32. The summed E-state index contributed by atoms with van der Waals surface area (Å²) in [4.78, 5) is 16.1. The smallest absolute Gasteiger partial charge is 0.280 e. The second-order valence-electron chi connectivity index (χ2n) is 3.67. The number of carbonyl (C=O) groups excluding carboxylic acids is 1.